The standard InChI is InChI=1S/C17H22N2O3/c18-11-4-6-15-13(9-11)14-10-12(5-7-16(14)19-15)22-8-2-1-3-17(20)21/h5,7,10-11,19H,1-4,6,8-9,18H2,(H,20,21). The number of unbranched alkanes of at least 4 members (excludes halogenated alkanes) is 1. The second-order valence-corrected chi connectivity index (χ2v) is 5.99. The normalized spacial score (nSPS) is 17.4. The van der Waals surface area contributed by atoms with Crippen molar-refractivity contribution in [3.63, 3.8) is 0 Å². The van der Waals surface area contributed by atoms with Crippen LogP contribution in [0.1, 0.15) is 36.9 Å². The molecule has 1 aromatic carbocycles. The van der Waals surface area contributed by atoms with Gasteiger partial charge >= 0.3 is 5.97 Å². The number of fused-ring (bicyclic) bond motifs is 3. The molecule has 5 nitrogen and oxygen atoms in total. The quantitative estimate of drug-likeness (QED) is 0.716. The zero-order valence-corrected chi connectivity index (χ0v) is 12.6. The van der Waals surface area contributed by atoms with Crippen molar-refractivity contribution in [2.75, 3.05) is 6.61 Å². The molecule has 5 heteroatoms. The fourth-order valence-corrected chi connectivity index (χ4v) is 3.08. The SMILES string of the molecule is NC1CCc2[nH]c3ccc(OCCCCC(=O)O)cc3c2C1. The third-order valence-corrected chi connectivity index (χ3v) is 4.25. The van der Waals surface area contributed by atoms with Crippen molar-refractivity contribution in [2.45, 2.75) is 44.6 Å². The van der Waals surface area contributed by atoms with Gasteiger partial charge in [-0.1, -0.05) is 0 Å². The smallest absolute Gasteiger partial charge is 0.303 e. The number of carboxylic acid groups (broad SMARTS) is 1. The lowest BCUT2D eigenvalue weighted by Crippen LogP contribution is -2.27. The number of rotatable bonds is 6. The van der Waals surface area contributed by atoms with Crippen LogP contribution >= 0.6 is 0 Å². The van der Waals surface area contributed by atoms with E-state index in [0.29, 0.717) is 13.0 Å². The van der Waals surface area contributed by atoms with Crippen LogP contribution < -0.4 is 10.5 Å². The Labute approximate surface area is 129 Å². The molecule has 22 heavy (non-hydrogen) atoms. The van der Waals surface area contributed by atoms with E-state index in [9.17, 15) is 4.79 Å². The second kappa shape index (κ2) is 6.40. The van der Waals surface area contributed by atoms with E-state index in [4.69, 9.17) is 15.6 Å². The van der Waals surface area contributed by atoms with Crippen molar-refractivity contribution in [3.05, 3.63) is 29.5 Å². The average molecular weight is 302 g/mol. The third kappa shape index (κ3) is 3.25. The summed E-state index contributed by atoms with van der Waals surface area (Å²) in [6.07, 6.45) is 4.55. The summed E-state index contributed by atoms with van der Waals surface area (Å²) >= 11 is 0. The Morgan fingerprint density at radius 3 is 3.09 bits per heavy atom. The molecule has 1 aliphatic rings. The lowest BCUT2D eigenvalue weighted by molar-refractivity contribution is -0.137. The number of ether oxygens (including phenoxy) is 1. The predicted octanol–water partition coefficient (Wildman–Crippen LogP) is 2.62. The summed E-state index contributed by atoms with van der Waals surface area (Å²) < 4.78 is 5.75. The Morgan fingerprint density at radius 2 is 2.27 bits per heavy atom. The summed E-state index contributed by atoms with van der Waals surface area (Å²) in [5, 5.41) is 9.81. The number of aliphatic carboxylic acids is 1. The molecule has 0 aliphatic heterocycles. The van der Waals surface area contributed by atoms with Gasteiger partial charge in [0.1, 0.15) is 5.75 Å². The van der Waals surface area contributed by atoms with Crippen LogP contribution in [0, 0.1) is 0 Å². The van der Waals surface area contributed by atoms with E-state index in [0.717, 1.165) is 36.9 Å². The maximum absolute atomic E-state index is 10.5. The van der Waals surface area contributed by atoms with Gasteiger partial charge in [-0.25, -0.2) is 0 Å². The van der Waals surface area contributed by atoms with E-state index in [2.05, 4.69) is 11.1 Å². The summed E-state index contributed by atoms with van der Waals surface area (Å²) in [5.41, 5.74) is 9.84. The number of carboxylic acids is 1. The van der Waals surface area contributed by atoms with E-state index in [-0.39, 0.29) is 12.5 Å². The van der Waals surface area contributed by atoms with Crippen LogP contribution in [0.25, 0.3) is 10.9 Å². The van der Waals surface area contributed by atoms with Crippen molar-refractivity contribution in [1.82, 2.24) is 4.98 Å². The van der Waals surface area contributed by atoms with Gasteiger partial charge in [0.25, 0.3) is 0 Å². The van der Waals surface area contributed by atoms with Gasteiger partial charge in [-0.2, -0.15) is 0 Å². The van der Waals surface area contributed by atoms with Crippen molar-refractivity contribution < 1.29 is 14.6 Å². The van der Waals surface area contributed by atoms with Crippen LogP contribution in [0.4, 0.5) is 0 Å². The third-order valence-electron chi connectivity index (χ3n) is 4.25. The minimum Gasteiger partial charge on any atom is -0.494 e. The van der Waals surface area contributed by atoms with Gasteiger partial charge in [-0.05, 0) is 55.9 Å². The summed E-state index contributed by atoms with van der Waals surface area (Å²) in [6.45, 7) is 0.547. The van der Waals surface area contributed by atoms with Gasteiger partial charge < -0.3 is 20.6 Å². The van der Waals surface area contributed by atoms with Crippen LogP contribution in [0.2, 0.25) is 0 Å². The number of hydrogen-bond acceptors (Lipinski definition) is 3. The minimum absolute atomic E-state index is 0.200. The molecule has 0 saturated heterocycles. The fourth-order valence-electron chi connectivity index (χ4n) is 3.08. The molecule has 0 amide bonds. The van der Waals surface area contributed by atoms with Gasteiger partial charge in [0.15, 0.2) is 0 Å². The summed E-state index contributed by atoms with van der Waals surface area (Å²) in [6, 6.07) is 6.32. The Morgan fingerprint density at radius 1 is 1.41 bits per heavy atom. The molecule has 0 radical (unpaired) electrons. The van der Waals surface area contributed by atoms with E-state index < -0.39 is 5.97 Å². The van der Waals surface area contributed by atoms with Gasteiger partial charge in [-0.15, -0.1) is 0 Å². The highest BCUT2D eigenvalue weighted by atomic mass is 16.5. The first-order valence-corrected chi connectivity index (χ1v) is 7.87. The molecule has 1 aromatic heterocycles. The topological polar surface area (TPSA) is 88.3 Å². The second-order valence-electron chi connectivity index (χ2n) is 5.99. The number of aromatic amines is 1. The Balaban J connectivity index is 1.67. The van der Waals surface area contributed by atoms with Crippen molar-refractivity contribution in [1.29, 1.82) is 0 Å². The zero-order chi connectivity index (χ0) is 15.5. The zero-order valence-electron chi connectivity index (χ0n) is 12.6. The van der Waals surface area contributed by atoms with Crippen LogP contribution in [-0.4, -0.2) is 28.7 Å². The van der Waals surface area contributed by atoms with E-state index in [1.165, 1.54) is 16.6 Å². The molecule has 0 spiro atoms. The molecule has 1 unspecified atom stereocenters. The van der Waals surface area contributed by atoms with E-state index >= 15 is 0 Å². The molecular weight excluding hydrogens is 280 g/mol. The minimum atomic E-state index is -0.753. The fraction of sp³-hybridized carbons (Fsp3) is 0.471. The molecule has 4 N–H and O–H groups in total. The average Bonchev–Trinajstić information content (AvgIpc) is 2.84. The Bertz CT molecular complexity index is 678. The first kappa shape index (κ1) is 14.9. The number of aromatic nitrogens is 1. The summed E-state index contributed by atoms with van der Waals surface area (Å²) in [5.74, 6) is 0.0838. The first-order chi connectivity index (χ1) is 10.6. The van der Waals surface area contributed by atoms with Crippen LogP contribution in [0.5, 0.6) is 5.75 Å². The van der Waals surface area contributed by atoms with Crippen LogP contribution in [0.3, 0.4) is 0 Å². The maximum Gasteiger partial charge on any atom is 0.303 e. The molecule has 0 bridgehead atoms. The van der Waals surface area contributed by atoms with Gasteiger partial charge in [0, 0.05) is 29.1 Å². The highest BCUT2D eigenvalue weighted by Gasteiger charge is 2.20. The maximum atomic E-state index is 10.5. The highest BCUT2D eigenvalue weighted by Crippen LogP contribution is 2.31. The number of nitrogens with two attached hydrogens (primary N) is 1. The molecular formula is C17H22N2O3. The van der Waals surface area contributed by atoms with Crippen molar-refractivity contribution >= 4 is 16.9 Å². The number of aryl methyl sites for hydroxylation is 1. The lowest BCUT2D eigenvalue weighted by atomic mass is 9.92. The highest BCUT2D eigenvalue weighted by molar-refractivity contribution is 5.86. The molecule has 0 saturated carbocycles. The lowest BCUT2D eigenvalue weighted by Gasteiger charge is -2.18. The van der Waals surface area contributed by atoms with Gasteiger partial charge in [0.2, 0.25) is 0 Å². The number of nitrogens with one attached hydrogen (secondary N) is 1. The number of hydrogen-bond donors (Lipinski definition) is 3. The van der Waals surface area contributed by atoms with Crippen molar-refractivity contribution in [2.24, 2.45) is 5.73 Å². The number of H-pyrrole nitrogens is 1. The van der Waals surface area contributed by atoms with Crippen LogP contribution in [0.15, 0.2) is 18.2 Å². The Kier molecular flexibility index (Phi) is 4.34. The summed E-state index contributed by atoms with van der Waals surface area (Å²) in [7, 11) is 0. The molecule has 118 valence electrons. The number of benzene rings is 1. The van der Waals surface area contributed by atoms with E-state index in [1.54, 1.807) is 0 Å². The Hall–Kier alpha value is -2.01. The first-order valence-electron chi connectivity index (χ1n) is 7.87. The van der Waals surface area contributed by atoms with Crippen molar-refractivity contribution in [3.8, 4) is 5.75 Å². The summed E-state index contributed by atoms with van der Waals surface area (Å²) in [4.78, 5) is 13.9. The molecule has 3 rings (SSSR count). The molecule has 1 atom stereocenters. The van der Waals surface area contributed by atoms with Crippen LogP contribution in [-0.2, 0) is 17.6 Å². The molecule has 1 aliphatic carbocycles. The van der Waals surface area contributed by atoms with E-state index in [1.807, 2.05) is 12.1 Å². The van der Waals surface area contributed by atoms with Gasteiger partial charge in [-0.3, -0.25) is 4.79 Å². The largest absolute Gasteiger partial charge is 0.494 e. The van der Waals surface area contributed by atoms with Gasteiger partial charge in [0.05, 0.1) is 6.61 Å². The predicted molar refractivity (Wildman–Crippen MR) is 85.3 cm³/mol. The molecule has 1 heterocycles. The number of carbonyl (C=O) groups is 1. The monoisotopic (exact) mass is 302 g/mol. The molecule has 0 fully saturated rings. The molecule has 2 aromatic rings.